The number of hydrogen-bond acceptors (Lipinski definition) is 7. The van der Waals surface area contributed by atoms with Gasteiger partial charge in [0.2, 0.25) is 5.95 Å². The number of fused-ring (bicyclic) bond motifs is 3. The number of ether oxygens (including phenoxy) is 3. The molecule has 166 valence electrons. The fourth-order valence-corrected chi connectivity index (χ4v) is 5.46. The van der Waals surface area contributed by atoms with Crippen molar-refractivity contribution >= 4 is 34.6 Å². The Morgan fingerprint density at radius 3 is 2.82 bits per heavy atom. The molecular weight excluding hydrogens is 460 g/mol. The number of aromatic nitrogens is 3. The van der Waals surface area contributed by atoms with Crippen molar-refractivity contribution in [2.24, 2.45) is 0 Å². The molecule has 0 aliphatic carbocycles. The highest BCUT2D eigenvalue weighted by Crippen LogP contribution is 2.53. The maximum absolute atomic E-state index is 6.66. The second-order valence-electron chi connectivity index (χ2n) is 7.65. The Bertz CT molecular complexity index is 1380. The lowest BCUT2D eigenvalue weighted by molar-refractivity contribution is 0.217. The first kappa shape index (κ1) is 20.1. The first-order valence-corrected chi connectivity index (χ1v) is 11.6. The molecule has 0 saturated carbocycles. The average molecular weight is 479 g/mol. The molecule has 4 heterocycles. The van der Waals surface area contributed by atoms with Crippen LogP contribution in [0.1, 0.15) is 28.1 Å². The molecule has 7 nitrogen and oxygen atoms in total. The minimum absolute atomic E-state index is 0.216. The van der Waals surface area contributed by atoms with Crippen LogP contribution in [0.25, 0.3) is 5.70 Å². The van der Waals surface area contributed by atoms with Gasteiger partial charge in [-0.25, -0.2) is 4.68 Å². The van der Waals surface area contributed by atoms with E-state index >= 15 is 0 Å². The minimum Gasteiger partial charge on any atom is -0.497 e. The summed E-state index contributed by atoms with van der Waals surface area (Å²) in [5.41, 5.74) is 3.65. The van der Waals surface area contributed by atoms with Crippen LogP contribution in [-0.4, -0.2) is 29.0 Å². The molecule has 0 unspecified atom stereocenters. The summed E-state index contributed by atoms with van der Waals surface area (Å²) >= 11 is 8.05. The summed E-state index contributed by atoms with van der Waals surface area (Å²) in [6, 6.07) is 15.3. The highest BCUT2D eigenvalue weighted by Gasteiger charge is 2.42. The average Bonchev–Trinajstić information content (AvgIpc) is 3.54. The maximum atomic E-state index is 6.66. The van der Waals surface area contributed by atoms with Crippen LogP contribution in [0.5, 0.6) is 17.2 Å². The van der Waals surface area contributed by atoms with Gasteiger partial charge >= 0.3 is 0 Å². The molecule has 0 amide bonds. The molecular formula is C24H19ClN4O3S. The molecule has 2 aliphatic heterocycles. The molecule has 2 aliphatic rings. The van der Waals surface area contributed by atoms with Crippen LogP contribution in [0.2, 0.25) is 5.02 Å². The number of nitrogens with zero attached hydrogens (tertiary/aromatic N) is 3. The summed E-state index contributed by atoms with van der Waals surface area (Å²) in [7, 11) is 3.30. The normalized spacial score (nSPS) is 18.5. The molecule has 4 aromatic rings. The number of halogens is 1. The Balaban J connectivity index is 1.65. The fourth-order valence-electron chi connectivity index (χ4n) is 4.46. The van der Waals surface area contributed by atoms with Gasteiger partial charge in [0.05, 0.1) is 19.9 Å². The summed E-state index contributed by atoms with van der Waals surface area (Å²) in [6.07, 6.45) is 1.10. The Labute approximate surface area is 199 Å². The fraction of sp³-hybridized carbons (Fsp3) is 0.167. The van der Waals surface area contributed by atoms with Crippen molar-refractivity contribution in [1.29, 1.82) is 0 Å². The number of hydrogen-bond donors (Lipinski definition) is 1. The van der Waals surface area contributed by atoms with E-state index in [9.17, 15) is 0 Å². The molecule has 0 spiro atoms. The zero-order valence-corrected chi connectivity index (χ0v) is 19.4. The summed E-state index contributed by atoms with van der Waals surface area (Å²) in [6.45, 7) is 0. The van der Waals surface area contributed by atoms with Crippen LogP contribution < -0.4 is 19.5 Å². The SMILES string of the molecule is COc1ccc(OC)c([C@H]2Oc3ccc(Cl)cc3C3=C2[C@@H](c2cccs2)n2ncnc2N3)c1. The molecule has 6 rings (SSSR count). The van der Waals surface area contributed by atoms with E-state index in [0.29, 0.717) is 16.7 Å². The highest BCUT2D eigenvalue weighted by atomic mass is 35.5. The lowest BCUT2D eigenvalue weighted by Crippen LogP contribution is -2.32. The van der Waals surface area contributed by atoms with Gasteiger partial charge in [-0.2, -0.15) is 10.1 Å². The van der Waals surface area contributed by atoms with Crippen molar-refractivity contribution in [3.63, 3.8) is 0 Å². The number of nitrogens with one attached hydrogen (secondary N) is 1. The lowest BCUT2D eigenvalue weighted by Gasteiger charge is -2.38. The number of methoxy groups -OCH3 is 2. The van der Waals surface area contributed by atoms with Gasteiger partial charge in [-0.15, -0.1) is 11.3 Å². The number of thiophene rings is 1. The van der Waals surface area contributed by atoms with Gasteiger partial charge in [0, 0.05) is 26.6 Å². The predicted molar refractivity (Wildman–Crippen MR) is 127 cm³/mol. The summed E-state index contributed by atoms with van der Waals surface area (Å²) < 4.78 is 19.8. The molecule has 2 atom stereocenters. The highest BCUT2D eigenvalue weighted by molar-refractivity contribution is 7.10. The maximum Gasteiger partial charge on any atom is 0.226 e. The second kappa shape index (κ2) is 7.83. The van der Waals surface area contributed by atoms with E-state index in [-0.39, 0.29) is 6.04 Å². The third-order valence-electron chi connectivity index (χ3n) is 5.91. The van der Waals surface area contributed by atoms with Gasteiger partial charge in [-0.3, -0.25) is 0 Å². The first-order chi connectivity index (χ1) is 16.2. The van der Waals surface area contributed by atoms with E-state index < -0.39 is 6.10 Å². The molecule has 2 aromatic heterocycles. The van der Waals surface area contributed by atoms with Crippen LogP contribution in [0.4, 0.5) is 5.95 Å². The first-order valence-electron chi connectivity index (χ1n) is 10.3. The van der Waals surface area contributed by atoms with E-state index in [1.807, 2.05) is 47.1 Å². The van der Waals surface area contributed by atoms with E-state index in [0.717, 1.165) is 38.8 Å². The molecule has 0 saturated heterocycles. The standard InChI is InChI=1S/C24H19ClN4O3S/c1-30-14-6-8-17(31-2)16(11-14)23-20-21(15-10-13(25)5-7-18(15)32-23)28-24-26-12-27-29(24)22(20)19-4-3-9-33-19/h3-12,22-23H,1-2H3,(H,26,27,28)/t22-,23-/m1/s1. The van der Waals surface area contributed by atoms with E-state index in [1.165, 1.54) is 0 Å². The topological polar surface area (TPSA) is 70.4 Å². The number of benzene rings is 2. The van der Waals surface area contributed by atoms with Gasteiger partial charge in [-0.1, -0.05) is 17.7 Å². The van der Waals surface area contributed by atoms with Crippen LogP contribution in [0.3, 0.4) is 0 Å². The summed E-state index contributed by atoms with van der Waals surface area (Å²) in [5.74, 6) is 2.81. The van der Waals surface area contributed by atoms with Crippen molar-refractivity contribution in [2.45, 2.75) is 12.1 Å². The molecule has 9 heteroatoms. The van der Waals surface area contributed by atoms with E-state index in [4.69, 9.17) is 25.8 Å². The van der Waals surface area contributed by atoms with E-state index in [2.05, 4.69) is 26.8 Å². The predicted octanol–water partition coefficient (Wildman–Crippen LogP) is 5.57. The Hall–Kier alpha value is -3.49. The molecule has 0 bridgehead atoms. The van der Waals surface area contributed by atoms with Crippen LogP contribution in [-0.2, 0) is 0 Å². The minimum atomic E-state index is -0.462. The number of anilines is 1. The molecule has 0 radical (unpaired) electrons. The quantitative estimate of drug-likeness (QED) is 0.413. The van der Waals surface area contributed by atoms with Gasteiger partial charge in [0.15, 0.2) is 6.10 Å². The van der Waals surface area contributed by atoms with E-state index in [1.54, 1.807) is 31.9 Å². The Morgan fingerprint density at radius 1 is 1.12 bits per heavy atom. The van der Waals surface area contributed by atoms with Gasteiger partial charge in [0.1, 0.15) is 29.6 Å². The third kappa shape index (κ3) is 3.17. The third-order valence-corrected chi connectivity index (χ3v) is 7.07. The molecule has 33 heavy (non-hydrogen) atoms. The Kier molecular flexibility index (Phi) is 4.78. The van der Waals surface area contributed by atoms with Gasteiger partial charge in [0.25, 0.3) is 0 Å². The van der Waals surface area contributed by atoms with Crippen LogP contribution in [0, 0.1) is 0 Å². The van der Waals surface area contributed by atoms with Crippen molar-refractivity contribution in [3.05, 3.63) is 86.8 Å². The van der Waals surface area contributed by atoms with Crippen molar-refractivity contribution in [1.82, 2.24) is 14.8 Å². The van der Waals surface area contributed by atoms with Crippen molar-refractivity contribution < 1.29 is 14.2 Å². The van der Waals surface area contributed by atoms with Crippen LogP contribution >= 0.6 is 22.9 Å². The zero-order chi connectivity index (χ0) is 22.5. The van der Waals surface area contributed by atoms with Gasteiger partial charge in [-0.05, 0) is 47.8 Å². The largest absolute Gasteiger partial charge is 0.497 e. The van der Waals surface area contributed by atoms with Crippen molar-refractivity contribution in [3.8, 4) is 17.2 Å². The lowest BCUT2D eigenvalue weighted by atomic mass is 9.86. The number of rotatable bonds is 4. The van der Waals surface area contributed by atoms with Crippen LogP contribution in [0.15, 0.2) is 65.8 Å². The van der Waals surface area contributed by atoms with Crippen molar-refractivity contribution in [2.75, 3.05) is 19.5 Å². The smallest absolute Gasteiger partial charge is 0.226 e. The summed E-state index contributed by atoms with van der Waals surface area (Å²) in [4.78, 5) is 5.58. The molecule has 1 N–H and O–H groups in total. The Morgan fingerprint density at radius 2 is 2.03 bits per heavy atom. The second-order valence-corrected chi connectivity index (χ2v) is 9.06. The zero-order valence-electron chi connectivity index (χ0n) is 17.8. The molecule has 0 fully saturated rings. The van der Waals surface area contributed by atoms with Gasteiger partial charge < -0.3 is 19.5 Å². The summed E-state index contributed by atoms with van der Waals surface area (Å²) in [5, 5.41) is 10.7. The monoisotopic (exact) mass is 478 g/mol. The molecule has 2 aromatic carbocycles.